The molecule has 3 aliphatic heterocycles. The largest absolute Gasteiger partial charge is 0.466 e. The van der Waals surface area contributed by atoms with Crippen LogP contribution in [0.25, 0.3) is 0 Å². The molecular weight excluding hydrogens is 348 g/mol. The van der Waals surface area contributed by atoms with Crippen LogP contribution in [-0.2, 0) is 19.1 Å². The summed E-state index contributed by atoms with van der Waals surface area (Å²) in [6.45, 7) is 2.99. The molecule has 25 heavy (non-hydrogen) atoms. The van der Waals surface area contributed by atoms with E-state index >= 15 is 0 Å². The van der Waals surface area contributed by atoms with Crippen LogP contribution in [0.1, 0.15) is 19.8 Å². The number of carbonyl (C=O) groups is 4. The molecule has 3 heterocycles. The second-order valence-corrected chi connectivity index (χ2v) is 6.89. The zero-order valence-corrected chi connectivity index (χ0v) is 14.9. The maximum Gasteiger partial charge on any atom is 0.328 e. The number of hydrogen-bond donors (Lipinski definition) is 2. The molecule has 9 nitrogen and oxygen atoms in total. The lowest BCUT2D eigenvalue weighted by Gasteiger charge is -2.31. The Labute approximate surface area is 149 Å². The van der Waals surface area contributed by atoms with Crippen molar-refractivity contribution in [2.24, 2.45) is 5.92 Å². The number of urea groups is 1. The maximum absolute atomic E-state index is 12.8. The third-order valence-corrected chi connectivity index (χ3v) is 5.48. The average Bonchev–Trinajstić information content (AvgIpc) is 3.03. The number of nitrogens with one attached hydrogen (secondary N) is 2. The zero-order chi connectivity index (χ0) is 18.1. The third-order valence-electron chi connectivity index (χ3n) is 4.53. The summed E-state index contributed by atoms with van der Waals surface area (Å²) in [5, 5.41) is 2.61. The molecule has 2 N–H and O–H groups in total. The number of likely N-dealkylation sites (N-methyl/N-ethyl adjacent to an activating group) is 1. The normalized spacial score (nSPS) is 24.3. The highest BCUT2D eigenvalue weighted by Crippen LogP contribution is 2.32. The van der Waals surface area contributed by atoms with Gasteiger partial charge in [-0.15, -0.1) is 0 Å². The number of nitrogens with zero attached hydrogens (tertiary/aromatic N) is 2. The molecule has 4 amide bonds. The number of amides is 4. The number of hydrogen-bond acceptors (Lipinski definition) is 7. The Balaban J connectivity index is 1.68. The quantitative estimate of drug-likeness (QED) is 0.525. The van der Waals surface area contributed by atoms with Gasteiger partial charge in [0.15, 0.2) is 0 Å². The smallest absolute Gasteiger partial charge is 0.328 e. The summed E-state index contributed by atoms with van der Waals surface area (Å²) in [7, 11) is 1.39. The molecule has 0 bridgehead atoms. The van der Waals surface area contributed by atoms with Crippen molar-refractivity contribution in [3.05, 3.63) is 10.6 Å². The minimum absolute atomic E-state index is 0.187. The van der Waals surface area contributed by atoms with Crippen LogP contribution in [0.15, 0.2) is 10.6 Å². The SMILES string of the molecule is CCOC(=O)C1CCN(C(=O)C2=C3NC(=O)N(C)C(=O)C3NS2)CC1. The van der Waals surface area contributed by atoms with Crippen LogP contribution in [0.4, 0.5) is 4.79 Å². The van der Waals surface area contributed by atoms with Gasteiger partial charge >= 0.3 is 12.0 Å². The maximum atomic E-state index is 12.8. The lowest BCUT2D eigenvalue weighted by molar-refractivity contribution is -0.150. The second kappa shape index (κ2) is 7.04. The van der Waals surface area contributed by atoms with Gasteiger partial charge in [-0.05, 0) is 31.7 Å². The summed E-state index contributed by atoms with van der Waals surface area (Å²) >= 11 is 1.06. The van der Waals surface area contributed by atoms with E-state index < -0.39 is 18.0 Å². The number of imide groups is 1. The molecule has 2 fully saturated rings. The van der Waals surface area contributed by atoms with Gasteiger partial charge in [0.2, 0.25) is 0 Å². The van der Waals surface area contributed by atoms with Gasteiger partial charge in [-0.2, -0.15) is 0 Å². The van der Waals surface area contributed by atoms with Crippen LogP contribution in [0.5, 0.6) is 0 Å². The topological polar surface area (TPSA) is 108 Å². The van der Waals surface area contributed by atoms with Crippen molar-refractivity contribution in [3.8, 4) is 0 Å². The van der Waals surface area contributed by atoms with Crippen LogP contribution >= 0.6 is 11.9 Å². The van der Waals surface area contributed by atoms with Crippen LogP contribution in [0.3, 0.4) is 0 Å². The highest BCUT2D eigenvalue weighted by molar-refractivity contribution is 8.02. The van der Waals surface area contributed by atoms with E-state index in [9.17, 15) is 19.2 Å². The van der Waals surface area contributed by atoms with Gasteiger partial charge in [0.25, 0.3) is 11.8 Å². The summed E-state index contributed by atoms with van der Waals surface area (Å²) in [5.74, 6) is -1.04. The molecule has 0 spiro atoms. The van der Waals surface area contributed by atoms with E-state index in [0.717, 1.165) is 16.8 Å². The molecule has 10 heteroatoms. The number of likely N-dealkylation sites (tertiary alicyclic amines) is 1. The number of esters is 1. The van der Waals surface area contributed by atoms with Gasteiger partial charge in [0.1, 0.15) is 10.9 Å². The van der Waals surface area contributed by atoms with Crippen molar-refractivity contribution in [1.82, 2.24) is 19.8 Å². The van der Waals surface area contributed by atoms with Gasteiger partial charge in [-0.3, -0.25) is 19.3 Å². The predicted octanol–water partition coefficient (Wildman–Crippen LogP) is -0.199. The van der Waals surface area contributed by atoms with Gasteiger partial charge < -0.3 is 15.0 Å². The van der Waals surface area contributed by atoms with Crippen molar-refractivity contribution in [2.45, 2.75) is 25.8 Å². The van der Waals surface area contributed by atoms with Gasteiger partial charge in [0, 0.05) is 20.1 Å². The molecule has 0 aromatic carbocycles. The van der Waals surface area contributed by atoms with Gasteiger partial charge in [0.05, 0.1) is 18.2 Å². The van der Waals surface area contributed by atoms with E-state index in [2.05, 4.69) is 10.0 Å². The Morgan fingerprint density at radius 3 is 2.60 bits per heavy atom. The van der Waals surface area contributed by atoms with Crippen molar-refractivity contribution in [3.63, 3.8) is 0 Å². The average molecular weight is 368 g/mol. The second-order valence-electron chi connectivity index (χ2n) is 6.04. The number of rotatable bonds is 3. The molecule has 0 aromatic heterocycles. The fourth-order valence-corrected chi connectivity index (χ4v) is 3.99. The van der Waals surface area contributed by atoms with E-state index in [4.69, 9.17) is 4.74 Å². The van der Waals surface area contributed by atoms with E-state index in [0.29, 0.717) is 43.1 Å². The molecule has 3 rings (SSSR count). The molecule has 0 aromatic rings. The van der Waals surface area contributed by atoms with Crippen LogP contribution < -0.4 is 10.0 Å². The Hall–Kier alpha value is -2.07. The fourth-order valence-electron chi connectivity index (χ4n) is 3.04. The van der Waals surface area contributed by atoms with Crippen molar-refractivity contribution < 1.29 is 23.9 Å². The molecule has 3 aliphatic rings. The summed E-state index contributed by atoms with van der Waals surface area (Å²) in [4.78, 5) is 51.4. The first-order chi connectivity index (χ1) is 11.9. The molecule has 0 saturated carbocycles. The summed E-state index contributed by atoms with van der Waals surface area (Å²) < 4.78 is 7.91. The first kappa shape index (κ1) is 17.7. The van der Waals surface area contributed by atoms with Crippen LogP contribution in [0.2, 0.25) is 0 Å². The Morgan fingerprint density at radius 1 is 1.28 bits per heavy atom. The summed E-state index contributed by atoms with van der Waals surface area (Å²) in [6, 6.07) is -1.27. The zero-order valence-electron chi connectivity index (χ0n) is 14.0. The fraction of sp³-hybridized carbons (Fsp3) is 0.600. The van der Waals surface area contributed by atoms with Gasteiger partial charge in [-0.25, -0.2) is 9.52 Å². The Kier molecular flexibility index (Phi) is 5.00. The summed E-state index contributed by atoms with van der Waals surface area (Å²) in [6.07, 6.45) is 1.09. The lowest BCUT2D eigenvalue weighted by atomic mass is 9.97. The molecule has 0 aliphatic carbocycles. The monoisotopic (exact) mass is 368 g/mol. The highest BCUT2D eigenvalue weighted by atomic mass is 32.2. The van der Waals surface area contributed by atoms with Crippen molar-refractivity contribution in [1.29, 1.82) is 0 Å². The lowest BCUT2D eigenvalue weighted by Crippen LogP contribution is -2.56. The third kappa shape index (κ3) is 3.23. The molecule has 2 saturated heterocycles. The minimum Gasteiger partial charge on any atom is -0.466 e. The van der Waals surface area contributed by atoms with Crippen molar-refractivity contribution in [2.75, 3.05) is 26.7 Å². The van der Waals surface area contributed by atoms with E-state index in [1.165, 1.54) is 7.05 Å². The highest BCUT2D eigenvalue weighted by Gasteiger charge is 2.44. The summed E-state index contributed by atoms with van der Waals surface area (Å²) in [5.41, 5.74) is 0.315. The number of carbonyl (C=O) groups excluding carboxylic acids is 4. The van der Waals surface area contributed by atoms with Gasteiger partial charge in [-0.1, -0.05) is 0 Å². The number of fused-ring (bicyclic) bond motifs is 1. The van der Waals surface area contributed by atoms with E-state index in [1.54, 1.807) is 11.8 Å². The molecule has 0 radical (unpaired) electrons. The number of ether oxygens (including phenoxy) is 1. The molecule has 1 atom stereocenters. The van der Waals surface area contributed by atoms with Crippen LogP contribution in [-0.4, -0.2) is 66.4 Å². The minimum atomic E-state index is -0.719. The first-order valence-corrected chi connectivity index (χ1v) is 8.96. The Morgan fingerprint density at radius 2 is 1.96 bits per heavy atom. The van der Waals surface area contributed by atoms with Crippen molar-refractivity contribution >= 4 is 35.8 Å². The van der Waals surface area contributed by atoms with E-state index in [-0.39, 0.29) is 17.8 Å². The number of piperidine rings is 1. The standard InChI is InChI=1S/C15H20N4O5S/c1-3-24-14(22)8-4-6-19(7-5-8)13(21)11-9-10(17-25-11)12(20)18(2)15(23)16-9/h8,10,17H,3-7H2,1-2H3,(H,16,23). The first-order valence-electron chi connectivity index (χ1n) is 8.15. The van der Waals surface area contributed by atoms with E-state index in [1.807, 2.05) is 0 Å². The molecule has 136 valence electrons. The Bertz CT molecular complexity index is 656. The molecular formula is C15H20N4O5S. The molecule has 1 unspecified atom stereocenters. The van der Waals surface area contributed by atoms with Crippen LogP contribution in [0, 0.1) is 5.92 Å². The predicted molar refractivity (Wildman–Crippen MR) is 88.8 cm³/mol.